The van der Waals surface area contributed by atoms with Gasteiger partial charge < -0.3 is 14.6 Å². The number of rotatable bonds is 6. The first-order valence-electron chi connectivity index (χ1n) is 6.37. The van der Waals surface area contributed by atoms with E-state index in [0.29, 0.717) is 17.2 Å². The maximum Gasteiger partial charge on any atom is 0.122 e. The summed E-state index contributed by atoms with van der Waals surface area (Å²) in [6.07, 6.45) is -0.195. The van der Waals surface area contributed by atoms with Gasteiger partial charge in [0.25, 0.3) is 0 Å². The highest BCUT2D eigenvalue weighted by molar-refractivity contribution is 6.30. The molecule has 0 saturated carbocycles. The zero-order chi connectivity index (χ0) is 14.4. The highest BCUT2D eigenvalue weighted by Crippen LogP contribution is 2.24. The van der Waals surface area contributed by atoms with Gasteiger partial charge in [0, 0.05) is 11.4 Å². The number of aliphatic hydroxyl groups is 1. The smallest absolute Gasteiger partial charge is 0.122 e. The number of halogens is 1. The Bertz CT molecular complexity index is 543. The highest BCUT2D eigenvalue weighted by atomic mass is 35.5. The van der Waals surface area contributed by atoms with E-state index < -0.39 is 6.10 Å². The minimum absolute atomic E-state index is 0.222. The molecule has 0 spiro atoms. The molecule has 2 aromatic carbocycles. The number of ether oxygens (including phenoxy) is 2. The highest BCUT2D eigenvalue weighted by Gasteiger charge is 2.11. The number of aliphatic hydroxyl groups excluding tert-OH is 1. The number of methoxy groups -OCH3 is 1. The zero-order valence-electron chi connectivity index (χ0n) is 11.3. The van der Waals surface area contributed by atoms with Crippen LogP contribution in [0.4, 0.5) is 0 Å². The van der Waals surface area contributed by atoms with E-state index in [1.807, 2.05) is 30.3 Å². The molecule has 0 aliphatic carbocycles. The molecule has 1 unspecified atom stereocenters. The molecule has 20 heavy (non-hydrogen) atoms. The van der Waals surface area contributed by atoms with Gasteiger partial charge >= 0.3 is 0 Å². The second-order valence-electron chi connectivity index (χ2n) is 4.44. The summed E-state index contributed by atoms with van der Waals surface area (Å²) in [4.78, 5) is 0. The molecule has 2 rings (SSSR count). The summed E-state index contributed by atoms with van der Waals surface area (Å²) in [6, 6.07) is 14.8. The topological polar surface area (TPSA) is 38.7 Å². The van der Waals surface area contributed by atoms with Gasteiger partial charge in [-0.2, -0.15) is 0 Å². The molecule has 0 bridgehead atoms. The van der Waals surface area contributed by atoms with E-state index in [9.17, 15) is 5.11 Å². The fraction of sp³-hybridized carbons (Fsp3) is 0.250. The van der Waals surface area contributed by atoms with E-state index in [2.05, 4.69) is 0 Å². The van der Waals surface area contributed by atoms with E-state index >= 15 is 0 Å². The first-order chi connectivity index (χ1) is 9.69. The molecule has 0 amide bonds. The molecule has 0 fully saturated rings. The average Bonchev–Trinajstić information content (AvgIpc) is 2.46. The first-order valence-corrected chi connectivity index (χ1v) is 6.75. The lowest BCUT2D eigenvalue weighted by atomic mass is 10.1. The quantitative estimate of drug-likeness (QED) is 0.887. The number of hydrogen-bond acceptors (Lipinski definition) is 3. The third-order valence-corrected chi connectivity index (χ3v) is 3.12. The van der Waals surface area contributed by atoms with Crippen LogP contribution in [0.5, 0.6) is 11.5 Å². The Morgan fingerprint density at radius 3 is 2.60 bits per heavy atom. The van der Waals surface area contributed by atoms with E-state index in [-0.39, 0.29) is 6.61 Å². The average molecular weight is 293 g/mol. The monoisotopic (exact) mass is 292 g/mol. The summed E-state index contributed by atoms with van der Waals surface area (Å²) >= 11 is 5.96. The molecule has 2 aromatic rings. The third-order valence-electron chi connectivity index (χ3n) is 2.88. The Morgan fingerprint density at radius 1 is 1.15 bits per heavy atom. The maximum atomic E-state index is 10.1. The van der Waals surface area contributed by atoms with Crippen molar-refractivity contribution < 1.29 is 14.6 Å². The van der Waals surface area contributed by atoms with Gasteiger partial charge in [0.05, 0.1) is 13.2 Å². The van der Waals surface area contributed by atoms with Crippen molar-refractivity contribution in [2.45, 2.75) is 12.5 Å². The van der Waals surface area contributed by atoms with Crippen LogP contribution in [0.15, 0.2) is 48.5 Å². The molecule has 1 N–H and O–H groups in total. The standard InChI is InChI=1S/C16H17ClO3/c1-19-16-8-7-13(17)9-12(16)10-14(18)11-20-15-5-3-2-4-6-15/h2-9,14,18H,10-11H2,1H3. The van der Waals surface area contributed by atoms with Gasteiger partial charge in [-0.05, 0) is 35.9 Å². The Labute approximate surface area is 123 Å². The number of hydrogen-bond donors (Lipinski definition) is 1. The fourth-order valence-corrected chi connectivity index (χ4v) is 2.12. The minimum atomic E-state index is -0.623. The zero-order valence-corrected chi connectivity index (χ0v) is 12.0. The molecule has 3 nitrogen and oxygen atoms in total. The van der Waals surface area contributed by atoms with Gasteiger partial charge in [-0.1, -0.05) is 29.8 Å². The molecule has 0 aliphatic rings. The summed E-state index contributed by atoms with van der Waals surface area (Å²) < 4.78 is 10.8. The molecule has 1 atom stereocenters. The lowest BCUT2D eigenvalue weighted by Gasteiger charge is -2.14. The predicted molar refractivity (Wildman–Crippen MR) is 79.7 cm³/mol. The van der Waals surface area contributed by atoms with Crippen LogP contribution in [0.2, 0.25) is 5.02 Å². The predicted octanol–water partition coefficient (Wildman–Crippen LogP) is 3.33. The second-order valence-corrected chi connectivity index (χ2v) is 4.87. The Morgan fingerprint density at radius 2 is 1.90 bits per heavy atom. The van der Waals surface area contributed by atoms with Gasteiger partial charge in [-0.3, -0.25) is 0 Å². The summed E-state index contributed by atoms with van der Waals surface area (Å²) in [5.74, 6) is 1.46. The van der Waals surface area contributed by atoms with Gasteiger partial charge in [-0.25, -0.2) is 0 Å². The Balaban J connectivity index is 1.94. The van der Waals surface area contributed by atoms with Crippen LogP contribution in [-0.2, 0) is 6.42 Å². The van der Waals surface area contributed by atoms with E-state index in [1.165, 1.54) is 0 Å². The first kappa shape index (κ1) is 14.7. The van der Waals surface area contributed by atoms with Gasteiger partial charge in [0.2, 0.25) is 0 Å². The van der Waals surface area contributed by atoms with Crippen molar-refractivity contribution in [2.75, 3.05) is 13.7 Å². The second kappa shape index (κ2) is 7.17. The van der Waals surface area contributed by atoms with Crippen LogP contribution in [0.3, 0.4) is 0 Å². The van der Waals surface area contributed by atoms with Crippen molar-refractivity contribution in [2.24, 2.45) is 0 Å². The molecule has 4 heteroatoms. The summed E-state index contributed by atoms with van der Waals surface area (Å²) in [5.41, 5.74) is 0.865. The molecule has 0 saturated heterocycles. The number of benzene rings is 2. The molecule has 0 radical (unpaired) electrons. The molecule has 0 aromatic heterocycles. The fourth-order valence-electron chi connectivity index (χ4n) is 1.93. The minimum Gasteiger partial charge on any atom is -0.496 e. The summed E-state index contributed by atoms with van der Waals surface area (Å²) in [7, 11) is 1.60. The van der Waals surface area contributed by atoms with E-state index in [1.54, 1.807) is 25.3 Å². The third kappa shape index (κ3) is 4.15. The van der Waals surface area contributed by atoms with Gasteiger partial charge in [0.15, 0.2) is 0 Å². The van der Waals surface area contributed by atoms with Crippen molar-refractivity contribution in [1.82, 2.24) is 0 Å². The molecule has 106 valence electrons. The van der Waals surface area contributed by atoms with Gasteiger partial charge in [0.1, 0.15) is 18.1 Å². The van der Waals surface area contributed by atoms with Crippen LogP contribution in [0.25, 0.3) is 0 Å². The van der Waals surface area contributed by atoms with E-state index in [0.717, 1.165) is 11.3 Å². The SMILES string of the molecule is COc1ccc(Cl)cc1CC(O)COc1ccccc1. The van der Waals surface area contributed by atoms with Crippen LogP contribution in [0.1, 0.15) is 5.56 Å². The van der Waals surface area contributed by atoms with E-state index in [4.69, 9.17) is 21.1 Å². The van der Waals surface area contributed by atoms with Crippen LogP contribution >= 0.6 is 11.6 Å². The maximum absolute atomic E-state index is 10.1. The van der Waals surface area contributed by atoms with Gasteiger partial charge in [-0.15, -0.1) is 0 Å². The normalized spacial score (nSPS) is 11.9. The van der Waals surface area contributed by atoms with Crippen LogP contribution in [-0.4, -0.2) is 24.9 Å². The van der Waals surface area contributed by atoms with Crippen molar-refractivity contribution in [3.63, 3.8) is 0 Å². The van der Waals surface area contributed by atoms with Crippen molar-refractivity contribution in [3.05, 3.63) is 59.1 Å². The molecule has 0 aliphatic heterocycles. The molecular formula is C16H17ClO3. The lowest BCUT2D eigenvalue weighted by Crippen LogP contribution is -2.20. The summed E-state index contributed by atoms with van der Waals surface area (Å²) in [6.45, 7) is 0.222. The Kier molecular flexibility index (Phi) is 5.27. The van der Waals surface area contributed by atoms with Crippen molar-refractivity contribution in [3.8, 4) is 11.5 Å². The molecular weight excluding hydrogens is 276 g/mol. The summed E-state index contributed by atoms with van der Waals surface area (Å²) in [5, 5.41) is 10.7. The molecule has 0 heterocycles. The van der Waals surface area contributed by atoms with Crippen molar-refractivity contribution in [1.29, 1.82) is 0 Å². The van der Waals surface area contributed by atoms with Crippen LogP contribution in [0, 0.1) is 0 Å². The Hall–Kier alpha value is -1.71. The number of para-hydroxylation sites is 1. The lowest BCUT2D eigenvalue weighted by molar-refractivity contribution is 0.107. The largest absolute Gasteiger partial charge is 0.496 e. The van der Waals surface area contributed by atoms with Crippen LogP contribution < -0.4 is 9.47 Å². The van der Waals surface area contributed by atoms with Crippen molar-refractivity contribution >= 4 is 11.6 Å².